The van der Waals surface area contributed by atoms with Gasteiger partial charge in [0.15, 0.2) is 5.60 Å². The molecular weight excluding hydrogens is 799 g/mol. The van der Waals surface area contributed by atoms with Crippen molar-refractivity contribution < 1.29 is 29.0 Å². The van der Waals surface area contributed by atoms with Crippen LogP contribution in [0.5, 0.6) is 5.75 Å². The lowest BCUT2D eigenvalue weighted by Gasteiger charge is -2.37. The summed E-state index contributed by atoms with van der Waals surface area (Å²) in [6.45, 7) is 8.19. The summed E-state index contributed by atoms with van der Waals surface area (Å²) in [7, 11) is -0.852. The molecule has 0 aromatic heterocycles. The molecule has 4 aromatic carbocycles. The number of carbonyl (C=O) groups excluding carboxylic acids is 3. The molecule has 11 heteroatoms. The van der Waals surface area contributed by atoms with Crippen LogP contribution in [0.2, 0.25) is 18.6 Å². The molecule has 4 atom stereocenters. The van der Waals surface area contributed by atoms with Crippen LogP contribution in [0.1, 0.15) is 62.1 Å². The highest BCUT2D eigenvalue weighted by molar-refractivity contribution is 9.10. The highest BCUT2D eigenvalue weighted by Crippen LogP contribution is 2.60. The van der Waals surface area contributed by atoms with Crippen LogP contribution < -0.4 is 19.7 Å². The van der Waals surface area contributed by atoms with Crippen LogP contribution in [0.25, 0.3) is 0 Å². The van der Waals surface area contributed by atoms with Gasteiger partial charge in [-0.25, -0.2) is 0 Å². The summed E-state index contributed by atoms with van der Waals surface area (Å²) in [6, 6.07) is 32.0. The second kappa shape index (κ2) is 17.3. The van der Waals surface area contributed by atoms with Gasteiger partial charge in [0.25, 0.3) is 5.91 Å². The van der Waals surface area contributed by atoms with Gasteiger partial charge in [-0.15, -0.1) is 0 Å². The van der Waals surface area contributed by atoms with E-state index in [0.717, 1.165) is 64.0 Å². The van der Waals surface area contributed by atoms with Crippen molar-refractivity contribution in [1.29, 1.82) is 0 Å². The summed E-state index contributed by atoms with van der Waals surface area (Å²) < 4.78 is 13.6. The zero-order chi connectivity index (χ0) is 40.3. The highest BCUT2D eigenvalue weighted by atomic mass is 79.9. The van der Waals surface area contributed by atoms with E-state index in [1.54, 1.807) is 12.0 Å². The zero-order valence-corrected chi connectivity index (χ0v) is 36.0. The van der Waals surface area contributed by atoms with E-state index in [9.17, 15) is 14.7 Å². The van der Waals surface area contributed by atoms with Gasteiger partial charge in [-0.1, -0.05) is 109 Å². The van der Waals surface area contributed by atoms with E-state index in [1.807, 2.05) is 94.7 Å². The molecule has 2 fully saturated rings. The number of rotatable bonds is 12. The van der Waals surface area contributed by atoms with Crippen molar-refractivity contribution in [2.45, 2.75) is 88.9 Å². The molecule has 3 aliphatic rings. The van der Waals surface area contributed by atoms with Gasteiger partial charge in [0, 0.05) is 47.7 Å². The summed E-state index contributed by atoms with van der Waals surface area (Å²) in [5.41, 5.74) is 2.93. The molecule has 0 unspecified atom stereocenters. The maximum absolute atomic E-state index is 15.3. The molecule has 57 heavy (non-hydrogen) atoms. The molecule has 3 heterocycles. The second-order valence-electron chi connectivity index (χ2n) is 16.3. The number of aliphatic hydroxyl groups excluding tert-OH is 1. The van der Waals surface area contributed by atoms with Crippen molar-refractivity contribution >= 4 is 58.3 Å². The second-order valence-corrected chi connectivity index (χ2v) is 21.9. The molecule has 0 bridgehead atoms. The van der Waals surface area contributed by atoms with Gasteiger partial charge in [-0.2, -0.15) is 0 Å². The number of nitrogens with zero attached hydrogens (tertiary/aromatic N) is 3. The maximum Gasteiger partial charge on any atom is 0.264 e. The number of carbonyl (C=O) groups is 3. The predicted octanol–water partition coefficient (Wildman–Crippen LogP) is 7.93. The van der Waals surface area contributed by atoms with E-state index in [1.165, 1.54) is 5.19 Å². The van der Waals surface area contributed by atoms with Crippen LogP contribution in [-0.2, 0) is 37.8 Å². The van der Waals surface area contributed by atoms with Gasteiger partial charge < -0.3 is 29.3 Å². The Kier molecular flexibility index (Phi) is 12.4. The van der Waals surface area contributed by atoms with Gasteiger partial charge in [0.2, 0.25) is 11.8 Å². The highest BCUT2D eigenvalue weighted by Gasteiger charge is 2.66. The SMILES string of the molecule is COc1ccc([Si](C)(C)[C@H]2[C@H](CC(=O)N(CCO)Cc3ccccc3)O[C@@]3(C(=O)N(Cc4ccc(N5CCCCCCC5=O)cc4)c4ccc(Br)cc43)[C@@H]2C)cc1. The Labute approximate surface area is 346 Å². The van der Waals surface area contributed by atoms with Gasteiger partial charge in [-0.05, 0) is 72.0 Å². The van der Waals surface area contributed by atoms with Crippen molar-refractivity contribution in [3.63, 3.8) is 0 Å². The van der Waals surface area contributed by atoms with E-state index in [2.05, 4.69) is 48.1 Å². The summed E-state index contributed by atoms with van der Waals surface area (Å²) >= 11 is 3.71. The molecule has 3 amide bonds. The summed E-state index contributed by atoms with van der Waals surface area (Å²) in [5.74, 6) is 0.383. The monoisotopic (exact) mass is 851 g/mol. The number of benzene rings is 4. The third-order valence-electron chi connectivity index (χ3n) is 12.5. The largest absolute Gasteiger partial charge is 0.497 e. The Morgan fingerprint density at radius 3 is 2.37 bits per heavy atom. The first-order chi connectivity index (χ1) is 27.5. The number of methoxy groups -OCH3 is 1. The van der Waals surface area contributed by atoms with E-state index in [4.69, 9.17) is 9.47 Å². The smallest absolute Gasteiger partial charge is 0.264 e. The number of hydrogen-bond donors (Lipinski definition) is 1. The number of amides is 3. The zero-order valence-electron chi connectivity index (χ0n) is 33.5. The fourth-order valence-corrected chi connectivity index (χ4v) is 13.9. The van der Waals surface area contributed by atoms with Crippen molar-refractivity contribution in [3.05, 3.63) is 118 Å². The Morgan fingerprint density at radius 2 is 1.67 bits per heavy atom. The molecule has 1 spiro atoms. The normalized spacial score (nSPS) is 22.4. The van der Waals surface area contributed by atoms with E-state index in [0.29, 0.717) is 26.1 Å². The topological polar surface area (TPSA) is 99.6 Å². The molecule has 7 rings (SSSR count). The first-order valence-electron chi connectivity index (χ1n) is 20.2. The minimum Gasteiger partial charge on any atom is -0.497 e. The third kappa shape index (κ3) is 8.08. The molecule has 2 saturated heterocycles. The quantitative estimate of drug-likeness (QED) is 0.146. The summed E-state index contributed by atoms with van der Waals surface area (Å²) in [6.07, 6.45) is 4.20. The molecule has 0 saturated carbocycles. The molecule has 300 valence electrons. The Bertz CT molecular complexity index is 2060. The molecular formula is C46H54BrN3O6Si. The van der Waals surface area contributed by atoms with E-state index < -0.39 is 19.8 Å². The molecule has 1 N–H and O–H groups in total. The van der Waals surface area contributed by atoms with Crippen molar-refractivity contribution in [2.24, 2.45) is 5.92 Å². The summed E-state index contributed by atoms with van der Waals surface area (Å²) in [4.78, 5) is 48.2. The van der Waals surface area contributed by atoms with Gasteiger partial charge in [-0.3, -0.25) is 14.4 Å². The van der Waals surface area contributed by atoms with Crippen molar-refractivity contribution in [2.75, 3.05) is 36.6 Å². The number of anilines is 2. The fourth-order valence-electron chi connectivity index (χ4n) is 9.56. The fraction of sp³-hybridized carbons (Fsp3) is 0.413. The van der Waals surface area contributed by atoms with Crippen LogP contribution in [0, 0.1) is 5.92 Å². The lowest BCUT2D eigenvalue weighted by molar-refractivity contribution is -0.150. The lowest BCUT2D eigenvalue weighted by Crippen LogP contribution is -2.52. The minimum absolute atomic E-state index is 0.0729. The first-order valence-corrected chi connectivity index (χ1v) is 24.1. The number of halogens is 1. The number of ether oxygens (including phenoxy) is 2. The maximum atomic E-state index is 15.3. The minimum atomic E-state index is -2.51. The lowest BCUT2D eigenvalue weighted by atomic mass is 9.82. The van der Waals surface area contributed by atoms with Crippen LogP contribution in [0.4, 0.5) is 11.4 Å². The molecule has 0 radical (unpaired) electrons. The van der Waals surface area contributed by atoms with Gasteiger partial charge in [0.05, 0.1) is 46.5 Å². The van der Waals surface area contributed by atoms with Gasteiger partial charge in [0.1, 0.15) is 5.75 Å². The van der Waals surface area contributed by atoms with E-state index >= 15 is 4.79 Å². The van der Waals surface area contributed by atoms with Gasteiger partial charge >= 0.3 is 0 Å². The standard InChI is InChI=1S/C46H54BrN3O6Si/c1-32-44(57(3,4)38-22-20-37(55-2)21-23-38)41(29-43(53)48(26-27-51)30-33-12-8-7-9-13-33)56-46(32)39-28-35(47)17-24-40(39)50(45(46)54)31-34-15-18-36(19-16-34)49-25-11-6-5-10-14-42(49)52/h7-9,12-13,15-24,28,32,41,44,51H,5-6,10-11,14,25-27,29-31H2,1-4H3/t32-,41+,44-,46+/m1/s1. The van der Waals surface area contributed by atoms with Crippen molar-refractivity contribution in [1.82, 2.24) is 4.90 Å². The van der Waals surface area contributed by atoms with Crippen molar-refractivity contribution in [3.8, 4) is 5.75 Å². The van der Waals surface area contributed by atoms with E-state index in [-0.39, 0.29) is 48.8 Å². The molecule has 4 aromatic rings. The predicted molar refractivity (Wildman–Crippen MR) is 230 cm³/mol. The number of aliphatic hydroxyl groups is 1. The van der Waals surface area contributed by atoms with Crippen LogP contribution >= 0.6 is 15.9 Å². The number of fused-ring (bicyclic) bond motifs is 2. The molecule has 9 nitrogen and oxygen atoms in total. The van der Waals surface area contributed by atoms with Crippen LogP contribution in [0.15, 0.2) is 102 Å². The first kappa shape index (κ1) is 40.9. The molecule has 0 aliphatic carbocycles. The van der Waals surface area contributed by atoms with Crippen LogP contribution in [-0.4, -0.2) is 68.7 Å². The number of hydrogen-bond acceptors (Lipinski definition) is 6. The Hall–Kier alpha value is -4.29. The molecule has 3 aliphatic heterocycles. The third-order valence-corrected chi connectivity index (χ3v) is 17.4. The Morgan fingerprint density at radius 1 is 0.947 bits per heavy atom. The Balaban J connectivity index is 1.24. The van der Waals surface area contributed by atoms with Crippen LogP contribution in [0.3, 0.4) is 0 Å². The average Bonchev–Trinajstić information content (AvgIpc) is 3.62. The summed E-state index contributed by atoms with van der Waals surface area (Å²) in [5, 5.41) is 11.2. The average molecular weight is 853 g/mol.